The molecule has 0 bridgehead atoms. The Morgan fingerprint density at radius 1 is 1.50 bits per heavy atom. The summed E-state index contributed by atoms with van der Waals surface area (Å²) in [4.78, 5) is 4.04. The van der Waals surface area contributed by atoms with E-state index >= 15 is 0 Å². The molecule has 1 aromatic rings. The van der Waals surface area contributed by atoms with Crippen LogP contribution in [-0.2, 0) is 0 Å². The van der Waals surface area contributed by atoms with Crippen LogP contribution in [0.2, 0.25) is 0 Å². The van der Waals surface area contributed by atoms with Gasteiger partial charge in [0, 0.05) is 0 Å². The summed E-state index contributed by atoms with van der Waals surface area (Å²) in [6.45, 7) is 4.25. The first-order valence-corrected chi connectivity index (χ1v) is 4.40. The maximum atomic E-state index is 5.85. The molecule has 1 aromatic heterocycles. The van der Waals surface area contributed by atoms with Crippen LogP contribution in [0.5, 0.6) is 0 Å². The average molecular weight is 186 g/mol. The van der Waals surface area contributed by atoms with E-state index in [0.29, 0.717) is 10.7 Å². The highest BCUT2D eigenvalue weighted by atomic mass is 32.1. The van der Waals surface area contributed by atoms with Crippen LogP contribution in [0.25, 0.3) is 0 Å². The van der Waals surface area contributed by atoms with E-state index in [-0.39, 0.29) is 6.04 Å². The summed E-state index contributed by atoms with van der Waals surface area (Å²) >= 11 is 4.81. The highest BCUT2D eigenvalue weighted by Crippen LogP contribution is 2.13. The predicted molar refractivity (Wildman–Crippen MR) is 50.2 cm³/mol. The van der Waals surface area contributed by atoms with Gasteiger partial charge in [0.2, 0.25) is 4.77 Å². The zero-order chi connectivity index (χ0) is 9.14. The fourth-order valence-corrected chi connectivity index (χ4v) is 1.23. The molecule has 0 aromatic carbocycles. The minimum absolute atomic E-state index is 0.0436. The van der Waals surface area contributed by atoms with Gasteiger partial charge in [0.25, 0.3) is 0 Å². The van der Waals surface area contributed by atoms with Crippen molar-refractivity contribution < 1.29 is 0 Å². The van der Waals surface area contributed by atoms with Gasteiger partial charge >= 0.3 is 0 Å². The third-order valence-electron chi connectivity index (χ3n) is 1.60. The number of nitrogens with one attached hydrogen (secondary N) is 2. The lowest BCUT2D eigenvalue weighted by Crippen LogP contribution is -2.14. The van der Waals surface area contributed by atoms with Crippen molar-refractivity contribution in [2.75, 3.05) is 0 Å². The van der Waals surface area contributed by atoms with Crippen molar-refractivity contribution in [2.24, 2.45) is 11.7 Å². The molecule has 0 aliphatic rings. The largest absolute Gasteiger partial charge is 0.321 e. The van der Waals surface area contributed by atoms with Gasteiger partial charge in [-0.15, -0.1) is 0 Å². The molecule has 1 unspecified atom stereocenters. The zero-order valence-corrected chi connectivity index (χ0v) is 8.11. The molecule has 0 saturated carbocycles. The van der Waals surface area contributed by atoms with E-state index < -0.39 is 0 Å². The Morgan fingerprint density at radius 3 is 2.58 bits per heavy atom. The second-order valence-corrected chi connectivity index (χ2v) is 3.67. The van der Waals surface area contributed by atoms with Crippen molar-refractivity contribution in [3.63, 3.8) is 0 Å². The standard InChI is InChI=1S/C7H14N4S/c1-4(2)3-5(8)6-9-7(12)11-10-6/h4-5H,3,8H2,1-2H3,(H2,9,10,11,12). The molecule has 0 fully saturated rings. The number of rotatable bonds is 3. The molecule has 4 N–H and O–H groups in total. The number of aromatic amines is 2. The van der Waals surface area contributed by atoms with Gasteiger partial charge in [0.1, 0.15) is 5.82 Å². The molecule has 0 spiro atoms. The first kappa shape index (κ1) is 9.41. The number of H-pyrrole nitrogens is 2. The predicted octanol–water partition coefficient (Wildman–Crippen LogP) is 1.51. The fraction of sp³-hybridized carbons (Fsp3) is 0.714. The Morgan fingerprint density at radius 2 is 2.17 bits per heavy atom. The maximum Gasteiger partial charge on any atom is 0.213 e. The van der Waals surface area contributed by atoms with E-state index in [0.717, 1.165) is 12.2 Å². The molecule has 5 heteroatoms. The van der Waals surface area contributed by atoms with E-state index in [1.165, 1.54) is 0 Å². The molecule has 4 nitrogen and oxygen atoms in total. The second-order valence-electron chi connectivity index (χ2n) is 3.29. The molecular formula is C7H14N4S. The summed E-state index contributed by atoms with van der Waals surface area (Å²) in [7, 11) is 0. The van der Waals surface area contributed by atoms with Crippen LogP contribution < -0.4 is 5.73 Å². The molecule has 0 amide bonds. The molecule has 12 heavy (non-hydrogen) atoms. The Balaban J connectivity index is 2.65. The first-order valence-electron chi connectivity index (χ1n) is 3.99. The van der Waals surface area contributed by atoms with Gasteiger partial charge in [-0.3, -0.25) is 10.2 Å². The number of aromatic nitrogens is 3. The SMILES string of the molecule is CC(C)CC(N)c1nc(=S)[nH][nH]1. The first-order chi connectivity index (χ1) is 5.59. The molecule has 0 aliphatic carbocycles. The second kappa shape index (κ2) is 3.82. The van der Waals surface area contributed by atoms with Crippen LogP contribution in [0.15, 0.2) is 0 Å². The van der Waals surface area contributed by atoms with Crippen LogP contribution >= 0.6 is 12.2 Å². The lowest BCUT2D eigenvalue weighted by atomic mass is 10.0. The topological polar surface area (TPSA) is 70.5 Å². The van der Waals surface area contributed by atoms with Crippen LogP contribution in [0, 0.1) is 10.7 Å². The molecule has 1 heterocycles. The van der Waals surface area contributed by atoms with Gasteiger partial charge in [-0.2, -0.15) is 0 Å². The van der Waals surface area contributed by atoms with Crippen molar-refractivity contribution in [3.8, 4) is 0 Å². The Bertz CT molecular complexity index is 288. The summed E-state index contributed by atoms with van der Waals surface area (Å²) < 4.78 is 0.462. The van der Waals surface area contributed by atoms with Crippen LogP contribution in [-0.4, -0.2) is 15.2 Å². The van der Waals surface area contributed by atoms with E-state index in [4.69, 9.17) is 18.0 Å². The molecule has 68 valence electrons. The summed E-state index contributed by atoms with van der Waals surface area (Å²) in [6, 6.07) is -0.0436. The number of nitrogens with two attached hydrogens (primary N) is 1. The van der Waals surface area contributed by atoms with Crippen LogP contribution in [0.4, 0.5) is 0 Å². The minimum atomic E-state index is -0.0436. The summed E-state index contributed by atoms with van der Waals surface area (Å²) in [6.07, 6.45) is 0.913. The number of nitrogens with zero attached hydrogens (tertiary/aromatic N) is 1. The zero-order valence-electron chi connectivity index (χ0n) is 7.29. The Labute approximate surface area is 76.6 Å². The third-order valence-corrected chi connectivity index (χ3v) is 1.79. The molecule has 0 radical (unpaired) electrons. The van der Waals surface area contributed by atoms with E-state index in [9.17, 15) is 0 Å². The lowest BCUT2D eigenvalue weighted by molar-refractivity contribution is 0.494. The molecule has 0 saturated heterocycles. The summed E-state index contributed by atoms with van der Waals surface area (Å²) in [5, 5.41) is 5.57. The van der Waals surface area contributed by atoms with Crippen molar-refractivity contribution in [1.29, 1.82) is 0 Å². The van der Waals surface area contributed by atoms with E-state index in [1.54, 1.807) is 0 Å². The van der Waals surface area contributed by atoms with Crippen LogP contribution in [0.3, 0.4) is 0 Å². The number of hydrogen-bond donors (Lipinski definition) is 3. The molecular weight excluding hydrogens is 172 g/mol. The van der Waals surface area contributed by atoms with Crippen molar-refractivity contribution in [3.05, 3.63) is 10.6 Å². The lowest BCUT2D eigenvalue weighted by Gasteiger charge is -2.09. The highest BCUT2D eigenvalue weighted by Gasteiger charge is 2.10. The quantitative estimate of drug-likeness (QED) is 0.627. The van der Waals surface area contributed by atoms with E-state index in [1.807, 2.05) is 0 Å². The van der Waals surface area contributed by atoms with Crippen molar-refractivity contribution >= 4 is 12.2 Å². The van der Waals surface area contributed by atoms with Gasteiger partial charge in [-0.1, -0.05) is 13.8 Å². The molecule has 1 atom stereocenters. The van der Waals surface area contributed by atoms with Gasteiger partial charge in [0.05, 0.1) is 6.04 Å². The Hall–Kier alpha value is -0.680. The van der Waals surface area contributed by atoms with Gasteiger partial charge < -0.3 is 5.73 Å². The third kappa shape index (κ3) is 2.42. The van der Waals surface area contributed by atoms with Gasteiger partial charge in [-0.25, -0.2) is 4.98 Å². The molecule has 1 rings (SSSR count). The van der Waals surface area contributed by atoms with Crippen LogP contribution in [0.1, 0.15) is 32.1 Å². The summed E-state index contributed by atoms with van der Waals surface area (Å²) in [5.41, 5.74) is 5.85. The van der Waals surface area contributed by atoms with Crippen molar-refractivity contribution in [1.82, 2.24) is 15.2 Å². The molecule has 0 aliphatic heterocycles. The minimum Gasteiger partial charge on any atom is -0.321 e. The van der Waals surface area contributed by atoms with Crippen molar-refractivity contribution in [2.45, 2.75) is 26.3 Å². The average Bonchev–Trinajstić information content (AvgIpc) is 2.34. The monoisotopic (exact) mass is 186 g/mol. The fourth-order valence-electron chi connectivity index (χ4n) is 1.08. The Kier molecular flexibility index (Phi) is 2.99. The maximum absolute atomic E-state index is 5.85. The summed E-state index contributed by atoms with van der Waals surface area (Å²) in [5.74, 6) is 1.31. The van der Waals surface area contributed by atoms with E-state index in [2.05, 4.69) is 29.0 Å². The number of hydrogen-bond acceptors (Lipinski definition) is 3. The highest BCUT2D eigenvalue weighted by molar-refractivity contribution is 7.71. The van der Waals surface area contributed by atoms with Gasteiger partial charge in [-0.05, 0) is 24.6 Å². The van der Waals surface area contributed by atoms with Gasteiger partial charge in [0.15, 0.2) is 0 Å². The smallest absolute Gasteiger partial charge is 0.213 e. The normalized spacial score (nSPS) is 13.7.